The number of benzene rings is 1. The van der Waals surface area contributed by atoms with E-state index in [2.05, 4.69) is 20.8 Å². The van der Waals surface area contributed by atoms with E-state index in [0.29, 0.717) is 17.4 Å². The van der Waals surface area contributed by atoms with Gasteiger partial charge in [0.2, 0.25) is 0 Å². The van der Waals surface area contributed by atoms with E-state index in [4.69, 9.17) is 9.78 Å². The summed E-state index contributed by atoms with van der Waals surface area (Å²) in [5.74, 6) is 0.657. The van der Waals surface area contributed by atoms with Crippen LogP contribution in [0.25, 0.3) is 0 Å². The van der Waals surface area contributed by atoms with Crippen LogP contribution in [0.5, 0.6) is 0 Å². The molecule has 0 amide bonds. The van der Waals surface area contributed by atoms with Gasteiger partial charge in [-0.3, -0.25) is 4.89 Å². The molecule has 1 radical (unpaired) electrons. The summed E-state index contributed by atoms with van der Waals surface area (Å²) >= 11 is 0. The van der Waals surface area contributed by atoms with Gasteiger partial charge in [-0.2, -0.15) is 4.89 Å². The third-order valence-electron chi connectivity index (χ3n) is 4.67. The number of hydrogen-bond donors (Lipinski definition) is 0. The van der Waals surface area contributed by atoms with Crippen molar-refractivity contribution in [1.29, 1.82) is 0 Å². The Morgan fingerprint density at radius 3 is 2.57 bits per heavy atom. The Bertz CT molecular complexity index is 480. The summed E-state index contributed by atoms with van der Waals surface area (Å²) in [5.41, 5.74) is 1.81. The van der Waals surface area contributed by atoms with Gasteiger partial charge in [0, 0.05) is 0 Å². The van der Waals surface area contributed by atoms with Crippen LogP contribution in [0, 0.1) is 17.9 Å². The molecule has 0 spiro atoms. The number of hydrogen-bond acceptors (Lipinski definition) is 3. The van der Waals surface area contributed by atoms with Gasteiger partial charge in [-0.15, -0.1) is 0 Å². The van der Waals surface area contributed by atoms with Crippen LogP contribution in [-0.2, 0) is 16.2 Å². The fraction of sp³-hybridized carbons (Fsp3) is 0.600. The van der Waals surface area contributed by atoms with Gasteiger partial charge in [-0.25, -0.2) is 4.79 Å². The first-order valence-electron chi connectivity index (χ1n) is 8.93. The molecule has 0 heterocycles. The van der Waals surface area contributed by atoms with Gasteiger partial charge in [-0.05, 0) is 61.6 Å². The second-order valence-corrected chi connectivity index (χ2v) is 6.86. The standard InChI is InChI=1S/C20H29O3/c1-4-5-6-7-17-9-11-18(12-10-17)20(21)23-22-19-13-8-15(2)14-16(19)3/h9-12,15-16H,4-8,13-14H2,1-3H3. The molecule has 0 saturated heterocycles. The van der Waals surface area contributed by atoms with E-state index in [-0.39, 0.29) is 0 Å². The maximum Gasteiger partial charge on any atom is 0.373 e. The summed E-state index contributed by atoms with van der Waals surface area (Å²) in [5, 5.41) is 0. The van der Waals surface area contributed by atoms with Gasteiger partial charge in [0.1, 0.15) is 0 Å². The molecule has 1 aromatic carbocycles. The minimum Gasteiger partial charge on any atom is -0.292 e. The van der Waals surface area contributed by atoms with E-state index >= 15 is 0 Å². The zero-order valence-corrected chi connectivity index (χ0v) is 14.6. The van der Waals surface area contributed by atoms with Gasteiger partial charge >= 0.3 is 5.97 Å². The molecule has 23 heavy (non-hydrogen) atoms. The molecule has 0 aliphatic heterocycles. The van der Waals surface area contributed by atoms with Crippen molar-refractivity contribution < 1.29 is 14.6 Å². The predicted octanol–water partition coefficient (Wildman–Crippen LogP) is 5.50. The van der Waals surface area contributed by atoms with Crippen molar-refractivity contribution in [3.63, 3.8) is 0 Å². The van der Waals surface area contributed by atoms with Crippen LogP contribution in [0.15, 0.2) is 24.3 Å². The van der Waals surface area contributed by atoms with E-state index in [1.165, 1.54) is 24.8 Å². The van der Waals surface area contributed by atoms with E-state index in [0.717, 1.165) is 31.8 Å². The van der Waals surface area contributed by atoms with Crippen LogP contribution in [0.2, 0.25) is 0 Å². The number of unbranched alkanes of at least 4 members (excludes halogenated alkanes) is 2. The van der Waals surface area contributed by atoms with Gasteiger partial charge < -0.3 is 0 Å². The summed E-state index contributed by atoms with van der Waals surface area (Å²) in [4.78, 5) is 22.4. The summed E-state index contributed by atoms with van der Waals surface area (Å²) in [7, 11) is 0. The van der Waals surface area contributed by atoms with Gasteiger partial charge in [0.15, 0.2) is 6.10 Å². The molecule has 1 fully saturated rings. The summed E-state index contributed by atoms with van der Waals surface area (Å²) in [6.07, 6.45) is 8.69. The highest BCUT2D eigenvalue weighted by atomic mass is 17.2. The quantitative estimate of drug-likeness (QED) is 0.378. The Morgan fingerprint density at radius 1 is 1.17 bits per heavy atom. The van der Waals surface area contributed by atoms with Crippen molar-refractivity contribution in [2.75, 3.05) is 0 Å². The van der Waals surface area contributed by atoms with Crippen molar-refractivity contribution >= 4 is 5.97 Å². The summed E-state index contributed by atoms with van der Waals surface area (Å²) < 4.78 is 0. The highest BCUT2D eigenvalue weighted by Crippen LogP contribution is 2.35. The van der Waals surface area contributed by atoms with E-state index < -0.39 is 5.97 Å². The van der Waals surface area contributed by atoms with Gasteiger partial charge in [0.25, 0.3) is 0 Å². The van der Waals surface area contributed by atoms with Crippen molar-refractivity contribution in [3.8, 4) is 0 Å². The molecule has 1 saturated carbocycles. The Labute approximate surface area is 140 Å². The maximum atomic E-state index is 12.1. The van der Waals surface area contributed by atoms with Crippen molar-refractivity contribution in [2.24, 2.45) is 11.8 Å². The molecule has 3 heteroatoms. The lowest BCUT2D eigenvalue weighted by molar-refractivity contribution is -0.247. The Morgan fingerprint density at radius 2 is 1.91 bits per heavy atom. The number of rotatable bonds is 7. The third-order valence-corrected chi connectivity index (χ3v) is 4.67. The monoisotopic (exact) mass is 317 g/mol. The first-order valence-corrected chi connectivity index (χ1v) is 8.93. The van der Waals surface area contributed by atoms with Gasteiger partial charge in [-0.1, -0.05) is 45.7 Å². The summed E-state index contributed by atoms with van der Waals surface area (Å²) in [6.45, 7) is 6.58. The molecule has 127 valence electrons. The smallest absolute Gasteiger partial charge is 0.292 e. The van der Waals surface area contributed by atoms with Gasteiger partial charge in [0.05, 0.1) is 5.56 Å². The SMILES string of the molecule is CCCCCc1ccc(C(=O)OO[C]2CCC(C)CC2C)cc1. The van der Waals surface area contributed by atoms with E-state index in [1.54, 1.807) is 0 Å². The van der Waals surface area contributed by atoms with Crippen molar-refractivity contribution in [1.82, 2.24) is 0 Å². The first-order chi connectivity index (χ1) is 11.1. The van der Waals surface area contributed by atoms with Crippen molar-refractivity contribution in [2.45, 2.75) is 65.7 Å². The molecule has 2 rings (SSSR count). The Balaban J connectivity index is 1.79. The largest absolute Gasteiger partial charge is 0.373 e. The number of carbonyl (C=O) groups excluding carboxylic acids is 1. The molecular weight excluding hydrogens is 288 g/mol. The predicted molar refractivity (Wildman–Crippen MR) is 91.6 cm³/mol. The Kier molecular flexibility index (Phi) is 7.10. The lowest BCUT2D eigenvalue weighted by atomic mass is 9.81. The molecule has 3 nitrogen and oxygen atoms in total. The molecule has 1 aliphatic rings. The maximum absolute atomic E-state index is 12.1. The first kappa shape index (κ1) is 18.0. The summed E-state index contributed by atoms with van der Waals surface area (Å²) in [6, 6.07) is 7.66. The molecule has 0 aromatic heterocycles. The molecule has 0 bridgehead atoms. The molecule has 2 atom stereocenters. The van der Waals surface area contributed by atoms with Crippen LogP contribution in [0.1, 0.15) is 75.2 Å². The van der Waals surface area contributed by atoms with Crippen LogP contribution in [0.4, 0.5) is 0 Å². The average molecular weight is 317 g/mol. The highest BCUT2D eigenvalue weighted by molar-refractivity contribution is 5.88. The van der Waals surface area contributed by atoms with E-state index in [9.17, 15) is 4.79 Å². The van der Waals surface area contributed by atoms with Crippen LogP contribution < -0.4 is 0 Å². The second kappa shape index (κ2) is 9.07. The van der Waals surface area contributed by atoms with Crippen LogP contribution in [0.3, 0.4) is 0 Å². The lowest BCUT2D eigenvalue weighted by Gasteiger charge is -2.29. The minimum absolute atomic E-state index is 0.354. The van der Waals surface area contributed by atoms with Crippen LogP contribution >= 0.6 is 0 Å². The average Bonchev–Trinajstić information content (AvgIpc) is 2.55. The Hall–Kier alpha value is -1.35. The molecular formula is C20H29O3. The normalized spacial score (nSPS) is 22.0. The topological polar surface area (TPSA) is 35.5 Å². The fourth-order valence-corrected chi connectivity index (χ4v) is 3.14. The lowest BCUT2D eigenvalue weighted by Crippen LogP contribution is -2.23. The number of carbonyl (C=O) groups is 1. The van der Waals surface area contributed by atoms with Crippen molar-refractivity contribution in [3.05, 3.63) is 41.5 Å². The zero-order valence-electron chi connectivity index (χ0n) is 14.6. The molecule has 1 aromatic rings. The number of aryl methyl sites for hydroxylation is 1. The zero-order chi connectivity index (χ0) is 16.7. The van der Waals surface area contributed by atoms with Crippen LogP contribution in [-0.4, -0.2) is 5.97 Å². The molecule has 1 aliphatic carbocycles. The highest BCUT2D eigenvalue weighted by Gasteiger charge is 2.29. The minimum atomic E-state index is -0.413. The van der Waals surface area contributed by atoms with E-state index in [1.807, 2.05) is 24.3 Å². The fourth-order valence-electron chi connectivity index (χ4n) is 3.14. The molecule has 0 N–H and O–H groups in total. The third kappa shape index (κ3) is 5.65. The molecule has 2 unspecified atom stereocenters. The second-order valence-electron chi connectivity index (χ2n) is 6.86.